The Morgan fingerprint density at radius 1 is 1.04 bits per heavy atom. The summed E-state index contributed by atoms with van der Waals surface area (Å²) in [5, 5.41) is 18.1. The van der Waals surface area contributed by atoms with Gasteiger partial charge in [0.15, 0.2) is 0 Å². The number of carbonyl (C=O) groups is 2. The Kier molecular flexibility index (Phi) is 15.1. The standard InChI is InChI=1S/C14H22INO3.C2H2O4/c1-17-9-4-7-16-8-10-18-11-12-19-14-6-3-2-5-13(14)15;3-1(4)2(5)6/h2-3,5-6,16H,4,7-12H2,1H3;(H,3,4)(H,5,6). The lowest BCUT2D eigenvalue weighted by Crippen LogP contribution is -2.22. The molecule has 1 aromatic carbocycles. The largest absolute Gasteiger partial charge is 0.490 e. The van der Waals surface area contributed by atoms with E-state index in [0.717, 1.165) is 35.4 Å². The Morgan fingerprint density at radius 2 is 1.72 bits per heavy atom. The smallest absolute Gasteiger partial charge is 0.414 e. The number of halogens is 1. The fraction of sp³-hybridized carbons (Fsp3) is 0.500. The van der Waals surface area contributed by atoms with Crippen LogP contribution in [0.15, 0.2) is 24.3 Å². The molecule has 0 atom stereocenters. The topological polar surface area (TPSA) is 114 Å². The van der Waals surface area contributed by atoms with Gasteiger partial charge in [-0.15, -0.1) is 0 Å². The van der Waals surface area contributed by atoms with Crippen LogP contribution in [0, 0.1) is 3.57 Å². The molecule has 0 bridgehead atoms. The number of nitrogens with one attached hydrogen (secondary N) is 1. The number of aliphatic carboxylic acids is 2. The summed E-state index contributed by atoms with van der Waals surface area (Å²) in [5.74, 6) is -2.73. The average Bonchev–Trinajstić information content (AvgIpc) is 2.58. The molecule has 9 heteroatoms. The molecule has 8 nitrogen and oxygen atoms in total. The Bertz CT molecular complexity index is 487. The van der Waals surface area contributed by atoms with Crippen LogP contribution in [0.25, 0.3) is 0 Å². The monoisotopic (exact) mass is 469 g/mol. The van der Waals surface area contributed by atoms with Crippen molar-refractivity contribution in [1.82, 2.24) is 5.32 Å². The molecule has 0 saturated carbocycles. The minimum absolute atomic E-state index is 0.587. The van der Waals surface area contributed by atoms with Gasteiger partial charge in [0.25, 0.3) is 0 Å². The summed E-state index contributed by atoms with van der Waals surface area (Å²) in [6, 6.07) is 7.97. The molecular weight excluding hydrogens is 445 g/mol. The van der Waals surface area contributed by atoms with Crippen molar-refractivity contribution in [2.45, 2.75) is 6.42 Å². The lowest BCUT2D eigenvalue weighted by Gasteiger charge is -2.09. The maximum absolute atomic E-state index is 9.10. The predicted molar refractivity (Wildman–Crippen MR) is 100 cm³/mol. The molecule has 0 aliphatic heterocycles. The van der Waals surface area contributed by atoms with Crippen molar-refractivity contribution in [1.29, 1.82) is 0 Å². The lowest BCUT2D eigenvalue weighted by atomic mass is 10.3. The van der Waals surface area contributed by atoms with Crippen LogP contribution in [0.5, 0.6) is 5.75 Å². The minimum Gasteiger partial charge on any atom is -0.490 e. The van der Waals surface area contributed by atoms with Crippen molar-refractivity contribution in [3.63, 3.8) is 0 Å². The zero-order valence-electron chi connectivity index (χ0n) is 14.1. The molecule has 142 valence electrons. The highest BCUT2D eigenvalue weighted by Gasteiger charge is 2.04. The number of carboxylic acid groups (broad SMARTS) is 2. The van der Waals surface area contributed by atoms with Crippen molar-refractivity contribution >= 4 is 34.5 Å². The van der Waals surface area contributed by atoms with Gasteiger partial charge in [-0.25, -0.2) is 9.59 Å². The van der Waals surface area contributed by atoms with Crippen molar-refractivity contribution in [2.24, 2.45) is 0 Å². The average molecular weight is 469 g/mol. The van der Waals surface area contributed by atoms with E-state index in [1.54, 1.807) is 7.11 Å². The summed E-state index contributed by atoms with van der Waals surface area (Å²) in [7, 11) is 1.72. The fourth-order valence-corrected chi connectivity index (χ4v) is 2.03. The molecule has 0 saturated heterocycles. The normalized spacial score (nSPS) is 9.84. The molecule has 0 heterocycles. The molecule has 0 fully saturated rings. The molecular formula is C16H24INO7. The molecule has 0 spiro atoms. The van der Waals surface area contributed by atoms with E-state index in [1.807, 2.05) is 24.3 Å². The summed E-state index contributed by atoms with van der Waals surface area (Å²) in [6.07, 6.45) is 1.03. The van der Waals surface area contributed by atoms with Crippen molar-refractivity contribution in [3.05, 3.63) is 27.8 Å². The first kappa shape index (κ1) is 23.6. The highest BCUT2D eigenvalue weighted by Crippen LogP contribution is 2.19. The van der Waals surface area contributed by atoms with E-state index in [4.69, 9.17) is 34.0 Å². The minimum atomic E-state index is -1.82. The van der Waals surface area contributed by atoms with Gasteiger partial charge < -0.3 is 29.7 Å². The van der Waals surface area contributed by atoms with Crippen LogP contribution in [0.3, 0.4) is 0 Å². The number of benzene rings is 1. The quantitative estimate of drug-likeness (QED) is 0.254. The summed E-state index contributed by atoms with van der Waals surface area (Å²) in [4.78, 5) is 18.2. The van der Waals surface area contributed by atoms with E-state index >= 15 is 0 Å². The third-order valence-corrected chi connectivity index (χ3v) is 3.52. The number of hydrogen-bond acceptors (Lipinski definition) is 6. The van der Waals surface area contributed by atoms with E-state index in [9.17, 15) is 0 Å². The molecule has 0 radical (unpaired) electrons. The van der Waals surface area contributed by atoms with Crippen LogP contribution in [0.2, 0.25) is 0 Å². The summed E-state index contributed by atoms with van der Waals surface area (Å²) in [5.41, 5.74) is 0. The van der Waals surface area contributed by atoms with E-state index in [0.29, 0.717) is 19.8 Å². The van der Waals surface area contributed by atoms with Gasteiger partial charge >= 0.3 is 11.9 Å². The van der Waals surface area contributed by atoms with Crippen LogP contribution >= 0.6 is 22.6 Å². The number of rotatable bonds is 11. The summed E-state index contributed by atoms with van der Waals surface area (Å²) in [6.45, 7) is 4.55. The fourth-order valence-electron chi connectivity index (χ4n) is 1.49. The van der Waals surface area contributed by atoms with Crippen LogP contribution in [-0.2, 0) is 19.1 Å². The SMILES string of the molecule is COCCCNCCOCCOc1ccccc1I.O=C(O)C(=O)O. The maximum Gasteiger partial charge on any atom is 0.414 e. The summed E-state index contributed by atoms with van der Waals surface area (Å²) < 4.78 is 17.2. The first-order valence-electron chi connectivity index (χ1n) is 7.60. The second-order valence-corrected chi connectivity index (χ2v) is 5.76. The number of para-hydroxylation sites is 1. The summed E-state index contributed by atoms with van der Waals surface area (Å²) >= 11 is 2.26. The molecule has 0 unspecified atom stereocenters. The van der Waals surface area contributed by atoms with Crippen LogP contribution in [0.4, 0.5) is 0 Å². The highest BCUT2D eigenvalue weighted by atomic mass is 127. The van der Waals surface area contributed by atoms with Crippen molar-refractivity contribution in [2.75, 3.05) is 46.6 Å². The second kappa shape index (κ2) is 16.1. The molecule has 0 aliphatic carbocycles. The lowest BCUT2D eigenvalue weighted by molar-refractivity contribution is -0.159. The van der Waals surface area contributed by atoms with Gasteiger partial charge in [0.2, 0.25) is 0 Å². The molecule has 25 heavy (non-hydrogen) atoms. The highest BCUT2D eigenvalue weighted by molar-refractivity contribution is 14.1. The molecule has 1 rings (SSSR count). The van der Waals surface area contributed by atoms with Crippen LogP contribution in [-0.4, -0.2) is 68.8 Å². The third-order valence-electron chi connectivity index (χ3n) is 2.63. The van der Waals surface area contributed by atoms with E-state index in [-0.39, 0.29) is 0 Å². The molecule has 0 amide bonds. The van der Waals surface area contributed by atoms with Gasteiger partial charge in [-0.3, -0.25) is 0 Å². The Balaban J connectivity index is 0.000000823. The van der Waals surface area contributed by atoms with Crippen molar-refractivity contribution < 1.29 is 34.0 Å². The van der Waals surface area contributed by atoms with Gasteiger partial charge in [0.05, 0.1) is 16.8 Å². The van der Waals surface area contributed by atoms with Gasteiger partial charge in [-0.05, 0) is 47.7 Å². The van der Waals surface area contributed by atoms with Gasteiger partial charge in [0.1, 0.15) is 12.4 Å². The van der Waals surface area contributed by atoms with E-state index < -0.39 is 11.9 Å². The van der Waals surface area contributed by atoms with Gasteiger partial charge in [-0.2, -0.15) is 0 Å². The third kappa shape index (κ3) is 14.6. The Labute approximate surface area is 160 Å². The zero-order valence-corrected chi connectivity index (χ0v) is 16.2. The van der Waals surface area contributed by atoms with Crippen LogP contribution < -0.4 is 10.1 Å². The number of ether oxygens (including phenoxy) is 3. The Hall–Kier alpha value is -1.43. The molecule has 0 aliphatic rings. The molecule has 3 N–H and O–H groups in total. The number of methoxy groups -OCH3 is 1. The van der Waals surface area contributed by atoms with E-state index in [1.165, 1.54) is 0 Å². The predicted octanol–water partition coefficient (Wildman–Crippen LogP) is 1.47. The first-order valence-corrected chi connectivity index (χ1v) is 8.67. The van der Waals surface area contributed by atoms with E-state index in [2.05, 4.69) is 27.9 Å². The number of carboxylic acids is 2. The van der Waals surface area contributed by atoms with Crippen LogP contribution in [0.1, 0.15) is 6.42 Å². The zero-order chi connectivity index (χ0) is 18.9. The first-order chi connectivity index (χ1) is 12.0. The maximum atomic E-state index is 9.10. The van der Waals surface area contributed by atoms with Gasteiger partial charge in [0, 0.05) is 20.3 Å². The number of hydrogen-bond donors (Lipinski definition) is 3. The van der Waals surface area contributed by atoms with Crippen molar-refractivity contribution in [3.8, 4) is 5.75 Å². The van der Waals surface area contributed by atoms with Gasteiger partial charge in [-0.1, -0.05) is 12.1 Å². The Morgan fingerprint density at radius 3 is 2.32 bits per heavy atom. The molecule has 1 aromatic rings. The second-order valence-electron chi connectivity index (χ2n) is 4.60. The molecule has 0 aromatic heterocycles.